The highest BCUT2D eigenvalue weighted by molar-refractivity contribution is 5.82. The Bertz CT molecular complexity index is 846. The minimum atomic E-state index is 0.311. The smallest absolute Gasteiger partial charge is 0.154 e. The van der Waals surface area contributed by atoms with E-state index < -0.39 is 0 Å². The highest BCUT2D eigenvalue weighted by Crippen LogP contribution is 2.35. The second-order valence-electron chi connectivity index (χ2n) is 6.65. The number of nitrogens with zero attached hydrogens (tertiary/aromatic N) is 2. The molecule has 3 heterocycles. The molecule has 0 radical (unpaired) electrons. The van der Waals surface area contributed by atoms with Crippen molar-refractivity contribution in [3.8, 4) is 0 Å². The molecule has 3 aromatic rings. The van der Waals surface area contributed by atoms with Gasteiger partial charge in [-0.05, 0) is 57.9 Å². The first-order valence-electron chi connectivity index (χ1n) is 8.28. The molecule has 0 saturated carbocycles. The lowest BCUT2D eigenvalue weighted by atomic mass is 10.1. The number of furan rings is 1. The average molecular weight is 310 g/mol. The van der Waals surface area contributed by atoms with Crippen LogP contribution in [0, 0.1) is 20.8 Å². The Morgan fingerprint density at radius 3 is 2.87 bits per heavy atom. The lowest BCUT2D eigenvalue weighted by Gasteiger charge is -2.21. The third kappa shape index (κ3) is 2.57. The van der Waals surface area contributed by atoms with Crippen LogP contribution in [0.2, 0.25) is 0 Å². The molecule has 4 rings (SSSR count). The Kier molecular flexibility index (Phi) is 3.49. The Morgan fingerprint density at radius 2 is 2.09 bits per heavy atom. The van der Waals surface area contributed by atoms with Crippen molar-refractivity contribution >= 4 is 11.0 Å². The molecule has 0 bridgehead atoms. The summed E-state index contributed by atoms with van der Waals surface area (Å²) in [4.78, 5) is 2.44. The molecule has 0 unspecified atom stereocenters. The fourth-order valence-corrected chi connectivity index (χ4v) is 3.60. The molecule has 4 heteroatoms. The quantitative estimate of drug-likeness (QED) is 0.704. The van der Waals surface area contributed by atoms with Crippen LogP contribution in [0.5, 0.6) is 0 Å². The van der Waals surface area contributed by atoms with Crippen LogP contribution in [0.15, 0.2) is 33.2 Å². The summed E-state index contributed by atoms with van der Waals surface area (Å²) in [7, 11) is 0. The van der Waals surface area contributed by atoms with Crippen LogP contribution in [0.4, 0.5) is 0 Å². The van der Waals surface area contributed by atoms with Gasteiger partial charge in [-0.15, -0.1) is 0 Å². The Morgan fingerprint density at radius 1 is 1.22 bits per heavy atom. The second-order valence-corrected chi connectivity index (χ2v) is 6.65. The minimum Gasteiger partial charge on any atom is -0.459 e. The van der Waals surface area contributed by atoms with Crippen LogP contribution in [0.25, 0.3) is 11.0 Å². The number of likely N-dealkylation sites (tertiary alicyclic amines) is 1. The van der Waals surface area contributed by atoms with Crippen molar-refractivity contribution in [2.45, 2.75) is 46.2 Å². The summed E-state index contributed by atoms with van der Waals surface area (Å²) >= 11 is 0. The monoisotopic (exact) mass is 310 g/mol. The predicted molar refractivity (Wildman–Crippen MR) is 89.3 cm³/mol. The van der Waals surface area contributed by atoms with Crippen molar-refractivity contribution in [1.82, 2.24) is 10.1 Å². The molecule has 1 atom stereocenters. The number of fused-ring (bicyclic) bond motifs is 1. The highest BCUT2D eigenvalue weighted by Gasteiger charge is 2.30. The number of hydrogen-bond acceptors (Lipinski definition) is 4. The molecule has 23 heavy (non-hydrogen) atoms. The summed E-state index contributed by atoms with van der Waals surface area (Å²) < 4.78 is 11.6. The van der Waals surface area contributed by atoms with E-state index in [1.165, 1.54) is 22.9 Å². The van der Waals surface area contributed by atoms with Crippen LogP contribution >= 0.6 is 0 Å². The molecular formula is C19H22N2O2. The second kappa shape index (κ2) is 5.53. The van der Waals surface area contributed by atoms with Crippen molar-refractivity contribution < 1.29 is 8.94 Å². The van der Waals surface area contributed by atoms with E-state index in [0.717, 1.165) is 42.3 Å². The number of rotatable bonds is 3. The first-order chi connectivity index (χ1) is 11.1. The molecule has 120 valence electrons. The van der Waals surface area contributed by atoms with Crippen molar-refractivity contribution in [3.05, 3.63) is 52.6 Å². The van der Waals surface area contributed by atoms with Crippen molar-refractivity contribution in [3.63, 3.8) is 0 Å². The van der Waals surface area contributed by atoms with Crippen LogP contribution < -0.4 is 0 Å². The SMILES string of the molecule is Cc1ccc2oc(CN3CCC[C@@H]3c3cc(C)no3)c(C)c2c1. The van der Waals surface area contributed by atoms with Crippen LogP contribution in [-0.4, -0.2) is 16.6 Å². The van der Waals surface area contributed by atoms with E-state index in [1.54, 1.807) is 0 Å². The van der Waals surface area contributed by atoms with Gasteiger partial charge in [-0.2, -0.15) is 0 Å². The van der Waals surface area contributed by atoms with Crippen molar-refractivity contribution in [2.75, 3.05) is 6.54 Å². The van der Waals surface area contributed by atoms with Gasteiger partial charge in [0.15, 0.2) is 5.76 Å². The van der Waals surface area contributed by atoms with Crippen LogP contribution in [-0.2, 0) is 6.54 Å². The largest absolute Gasteiger partial charge is 0.459 e. The molecule has 1 aromatic carbocycles. The molecular weight excluding hydrogens is 288 g/mol. The number of benzene rings is 1. The summed E-state index contributed by atoms with van der Waals surface area (Å²) in [6.07, 6.45) is 2.30. The first-order valence-corrected chi connectivity index (χ1v) is 8.28. The Hall–Kier alpha value is -2.07. The van der Waals surface area contributed by atoms with Gasteiger partial charge in [-0.1, -0.05) is 16.8 Å². The molecule has 0 N–H and O–H groups in total. The third-order valence-corrected chi connectivity index (χ3v) is 4.88. The first kappa shape index (κ1) is 14.5. The molecule has 2 aromatic heterocycles. The summed E-state index contributed by atoms with van der Waals surface area (Å²) in [5.41, 5.74) is 4.45. The van der Waals surface area contributed by atoms with Gasteiger partial charge in [0.2, 0.25) is 0 Å². The van der Waals surface area contributed by atoms with Gasteiger partial charge in [-0.25, -0.2) is 0 Å². The van der Waals surface area contributed by atoms with Gasteiger partial charge in [0.25, 0.3) is 0 Å². The lowest BCUT2D eigenvalue weighted by Crippen LogP contribution is -2.22. The zero-order valence-electron chi connectivity index (χ0n) is 13.9. The van der Waals surface area contributed by atoms with E-state index in [2.05, 4.69) is 48.2 Å². The fourth-order valence-electron chi connectivity index (χ4n) is 3.60. The van der Waals surface area contributed by atoms with Crippen molar-refractivity contribution in [1.29, 1.82) is 0 Å². The zero-order valence-corrected chi connectivity index (χ0v) is 13.9. The maximum absolute atomic E-state index is 6.12. The maximum Gasteiger partial charge on any atom is 0.154 e. The number of aryl methyl sites for hydroxylation is 3. The van der Waals surface area contributed by atoms with Gasteiger partial charge in [0.1, 0.15) is 11.3 Å². The van der Waals surface area contributed by atoms with E-state index in [4.69, 9.17) is 8.94 Å². The van der Waals surface area contributed by atoms with E-state index in [1.807, 2.05) is 6.92 Å². The Balaban J connectivity index is 1.63. The molecule has 1 aliphatic heterocycles. The van der Waals surface area contributed by atoms with E-state index >= 15 is 0 Å². The molecule has 0 spiro atoms. The summed E-state index contributed by atoms with van der Waals surface area (Å²) in [5, 5.41) is 5.27. The fraction of sp³-hybridized carbons (Fsp3) is 0.421. The van der Waals surface area contributed by atoms with Gasteiger partial charge in [-0.3, -0.25) is 4.90 Å². The van der Waals surface area contributed by atoms with E-state index in [9.17, 15) is 0 Å². The highest BCUT2D eigenvalue weighted by atomic mass is 16.5. The topological polar surface area (TPSA) is 42.4 Å². The third-order valence-electron chi connectivity index (χ3n) is 4.88. The molecule has 1 aliphatic rings. The minimum absolute atomic E-state index is 0.311. The molecule has 4 nitrogen and oxygen atoms in total. The number of hydrogen-bond donors (Lipinski definition) is 0. The summed E-state index contributed by atoms with van der Waals surface area (Å²) in [5.74, 6) is 2.04. The lowest BCUT2D eigenvalue weighted by molar-refractivity contribution is 0.194. The molecule has 0 amide bonds. The van der Waals surface area contributed by atoms with E-state index in [-0.39, 0.29) is 0 Å². The van der Waals surface area contributed by atoms with Gasteiger partial charge in [0.05, 0.1) is 18.3 Å². The van der Waals surface area contributed by atoms with Crippen LogP contribution in [0.1, 0.15) is 47.2 Å². The molecule has 1 saturated heterocycles. The van der Waals surface area contributed by atoms with Gasteiger partial charge < -0.3 is 8.94 Å². The van der Waals surface area contributed by atoms with E-state index in [0.29, 0.717) is 6.04 Å². The summed E-state index contributed by atoms with van der Waals surface area (Å²) in [6.45, 7) is 8.14. The number of aromatic nitrogens is 1. The normalized spacial score (nSPS) is 19.0. The maximum atomic E-state index is 6.12. The zero-order chi connectivity index (χ0) is 16.0. The average Bonchev–Trinajstić information content (AvgIpc) is 3.22. The van der Waals surface area contributed by atoms with Crippen LogP contribution in [0.3, 0.4) is 0 Å². The standard InChI is InChI=1S/C19H22N2O2/c1-12-6-7-17-15(9-12)14(3)19(22-17)11-21-8-4-5-16(21)18-10-13(2)20-23-18/h6-7,9-10,16H,4-5,8,11H2,1-3H3/t16-/m1/s1. The van der Waals surface area contributed by atoms with Crippen molar-refractivity contribution in [2.24, 2.45) is 0 Å². The van der Waals surface area contributed by atoms with Gasteiger partial charge >= 0.3 is 0 Å². The Labute approximate surface area is 136 Å². The molecule has 0 aliphatic carbocycles. The summed E-state index contributed by atoms with van der Waals surface area (Å²) in [6, 6.07) is 8.75. The predicted octanol–water partition coefficient (Wildman–Crippen LogP) is 4.68. The molecule has 1 fully saturated rings. The van der Waals surface area contributed by atoms with Gasteiger partial charge in [0, 0.05) is 11.5 Å².